The third-order valence-electron chi connectivity index (χ3n) is 3.99. The van der Waals surface area contributed by atoms with E-state index in [0.717, 1.165) is 18.5 Å². The number of nitrogens with one attached hydrogen (secondary N) is 1. The molecule has 0 bridgehead atoms. The predicted molar refractivity (Wildman–Crippen MR) is 90.4 cm³/mol. The highest BCUT2D eigenvalue weighted by Gasteiger charge is 2.14. The van der Waals surface area contributed by atoms with Crippen LogP contribution >= 0.6 is 0 Å². The van der Waals surface area contributed by atoms with Gasteiger partial charge in [0.25, 0.3) is 0 Å². The molecule has 21 heavy (non-hydrogen) atoms. The largest absolute Gasteiger partial charge is 0.330 e. The first kappa shape index (κ1) is 17.7. The standard InChI is InChI=1S/C18H30N2O/c1-5-14(4)16-6-8-17(9-7-16)20-18(21)11-15(12-19)10-13(2)3/h6-9,13-15H,5,10-12,19H2,1-4H3,(H,20,21). The van der Waals surface area contributed by atoms with Crippen molar-refractivity contribution in [3.8, 4) is 0 Å². The number of amides is 1. The van der Waals surface area contributed by atoms with Crippen molar-refractivity contribution in [1.82, 2.24) is 0 Å². The number of rotatable bonds is 8. The summed E-state index contributed by atoms with van der Waals surface area (Å²) in [7, 11) is 0. The minimum Gasteiger partial charge on any atom is -0.330 e. The van der Waals surface area contributed by atoms with Crippen LogP contribution in [0.1, 0.15) is 58.4 Å². The van der Waals surface area contributed by atoms with Crippen LogP contribution in [-0.2, 0) is 4.79 Å². The monoisotopic (exact) mass is 290 g/mol. The Hall–Kier alpha value is -1.35. The average Bonchev–Trinajstić information content (AvgIpc) is 2.45. The zero-order valence-electron chi connectivity index (χ0n) is 13.9. The summed E-state index contributed by atoms with van der Waals surface area (Å²) in [6.45, 7) is 9.29. The second-order valence-electron chi connectivity index (χ2n) is 6.41. The number of hydrogen-bond donors (Lipinski definition) is 2. The van der Waals surface area contributed by atoms with Gasteiger partial charge in [0.05, 0.1) is 0 Å². The van der Waals surface area contributed by atoms with Crippen molar-refractivity contribution in [3.63, 3.8) is 0 Å². The van der Waals surface area contributed by atoms with Crippen LogP contribution in [0.15, 0.2) is 24.3 Å². The van der Waals surface area contributed by atoms with Crippen molar-refractivity contribution in [1.29, 1.82) is 0 Å². The zero-order chi connectivity index (χ0) is 15.8. The van der Waals surface area contributed by atoms with Crippen LogP contribution in [0.3, 0.4) is 0 Å². The fraction of sp³-hybridized carbons (Fsp3) is 0.611. The minimum absolute atomic E-state index is 0.0578. The van der Waals surface area contributed by atoms with Gasteiger partial charge in [-0.2, -0.15) is 0 Å². The van der Waals surface area contributed by atoms with Gasteiger partial charge < -0.3 is 11.1 Å². The first-order chi connectivity index (χ1) is 9.96. The second-order valence-corrected chi connectivity index (χ2v) is 6.41. The summed E-state index contributed by atoms with van der Waals surface area (Å²) in [6.07, 6.45) is 2.62. The Morgan fingerprint density at radius 1 is 1.19 bits per heavy atom. The molecule has 0 saturated carbocycles. The molecule has 0 radical (unpaired) electrons. The molecular formula is C18H30N2O. The first-order valence-corrected chi connectivity index (χ1v) is 8.06. The molecule has 0 saturated heterocycles. The molecule has 1 aromatic rings. The summed E-state index contributed by atoms with van der Waals surface area (Å²) in [5.74, 6) is 1.45. The molecule has 1 amide bonds. The highest BCUT2D eigenvalue weighted by Crippen LogP contribution is 2.21. The van der Waals surface area contributed by atoms with Gasteiger partial charge in [0.1, 0.15) is 0 Å². The van der Waals surface area contributed by atoms with E-state index in [0.29, 0.717) is 24.8 Å². The van der Waals surface area contributed by atoms with Crippen molar-refractivity contribution < 1.29 is 4.79 Å². The molecule has 0 aliphatic carbocycles. The first-order valence-electron chi connectivity index (χ1n) is 8.06. The van der Waals surface area contributed by atoms with Gasteiger partial charge in [0.15, 0.2) is 0 Å². The molecule has 0 heterocycles. The lowest BCUT2D eigenvalue weighted by Crippen LogP contribution is -2.23. The lowest BCUT2D eigenvalue weighted by Gasteiger charge is -2.17. The highest BCUT2D eigenvalue weighted by molar-refractivity contribution is 5.90. The summed E-state index contributed by atoms with van der Waals surface area (Å²) in [4.78, 5) is 12.1. The number of carbonyl (C=O) groups excluding carboxylic acids is 1. The molecule has 0 fully saturated rings. The Balaban J connectivity index is 2.54. The fourth-order valence-electron chi connectivity index (χ4n) is 2.53. The van der Waals surface area contributed by atoms with E-state index in [-0.39, 0.29) is 11.8 Å². The number of benzene rings is 1. The van der Waals surface area contributed by atoms with Crippen LogP contribution in [0.2, 0.25) is 0 Å². The highest BCUT2D eigenvalue weighted by atomic mass is 16.1. The van der Waals surface area contributed by atoms with Gasteiger partial charge in [-0.3, -0.25) is 4.79 Å². The molecule has 2 atom stereocenters. The van der Waals surface area contributed by atoms with Crippen molar-refractivity contribution in [2.45, 2.75) is 52.9 Å². The molecule has 0 aromatic heterocycles. The smallest absolute Gasteiger partial charge is 0.224 e. The van der Waals surface area contributed by atoms with Crippen molar-refractivity contribution in [2.75, 3.05) is 11.9 Å². The molecule has 1 rings (SSSR count). The van der Waals surface area contributed by atoms with Crippen LogP contribution < -0.4 is 11.1 Å². The van der Waals surface area contributed by atoms with Gasteiger partial charge in [-0.1, -0.05) is 39.8 Å². The van der Waals surface area contributed by atoms with Gasteiger partial charge >= 0.3 is 0 Å². The third-order valence-corrected chi connectivity index (χ3v) is 3.99. The van der Waals surface area contributed by atoms with Crippen molar-refractivity contribution in [2.24, 2.45) is 17.6 Å². The van der Waals surface area contributed by atoms with Crippen molar-refractivity contribution >= 4 is 11.6 Å². The molecule has 3 N–H and O–H groups in total. The second kappa shape index (κ2) is 8.83. The molecule has 2 unspecified atom stereocenters. The number of carbonyl (C=O) groups is 1. The van der Waals surface area contributed by atoms with E-state index in [1.165, 1.54) is 5.56 Å². The summed E-state index contributed by atoms with van der Waals surface area (Å²) in [5, 5.41) is 2.97. The van der Waals surface area contributed by atoms with Crippen LogP contribution in [-0.4, -0.2) is 12.5 Å². The van der Waals surface area contributed by atoms with E-state index in [2.05, 4.69) is 45.1 Å². The topological polar surface area (TPSA) is 55.1 Å². The van der Waals surface area contributed by atoms with E-state index in [4.69, 9.17) is 5.73 Å². The Labute approximate surface area is 129 Å². The maximum atomic E-state index is 12.1. The minimum atomic E-state index is 0.0578. The Morgan fingerprint density at radius 3 is 2.29 bits per heavy atom. The summed E-state index contributed by atoms with van der Waals surface area (Å²) in [6, 6.07) is 8.16. The molecular weight excluding hydrogens is 260 g/mol. The van der Waals surface area contributed by atoms with Crippen molar-refractivity contribution in [3.05, 3.63) is 29.8 Å². The van der Waals surface area contributed by atoms with Crippen LogP contribution in [0.25, 0.3) is 0 Å². The van der Waals surface area contributed by atoms with E-state index in [9.17, 15) is 4.79 Å². The Kier molecular flexibility index (Phi) is 7.44. The lowest BCUT2D eigenvalue weighted by molar-refractivity contribution is -0.117. The van der Waals surface area contributed by atoms with E-state index < -0.39 is 0 Å². The number of nitrogens with two attached hydrogens (primary N) is 1. The van der Waals surface area contributed by atoms with E-state index in [1.807, 2.05) is 12.1 Å². The molecule has 3 heteroatoms. The molecule has 3 nitrogen and oxygen atoms in total. The maximum Gasteiger partial charge on any atom is 0.224 e. The van der Waals surface area contributed by atoms with Gasteiger partial charge in [0.2, 0.25) is 5.91 Å². The molecule has 0 spiro atoms. The van der Waals surface area contributed by atoms with Crippen LogP contribution in [0, 0.1) is 11.8 Å². The molecule has 118 valence electrons. The molecule has 1 aromatic carbocycles. The Bertz CT molecular complexity index is 425. The van der Waals surface area contributed by atoms with Gasteiger partial charge in [-0.15, -0.1) is 0 Å². The normalized spacial score (nSPS) is 14.0. The lowest BCUT2D eigenvalue weighted by atomic mass is 9.94. The van der Waals surface area contributed by atoms with Crippen LogP contribution in [0.5, 0.6) is 0 Å². The number of anilines is 1. The SMILES string of the molecule is CCC(C)c1ccc(NC(=O)CC(CN)CC(C)C)cc1. The van der Waals surface area contributed by atoms with Gasteiger partial charge in [-0.25, -0.2) is 0 Å². The average molecular weight is 290 g/mol. The summed E-state index contributed by atoms with van der Waals surface area (Å²) in [5.41, 5.74) is 7.93. The fourth-order valence-corrected chi connectivity index (χ4v) is 2.53. The van der Waals surface area contributed by atoms with Crippen LogP contribution in [0.4, 0.5) is 5.69 Å². The summed E-state index contributed by atoms with van der Waals surface area (Å²) >= 11 is 0. The van der Waals surface area contributed by atoms with Gasteiger partial charge in [0, 0.05) is 12.1 Å². The summed E-state index contributed by atoms with van der Waals surface area (Å²) < 4.78 is 0. The third kappa shape index (κ3) is 6.30. The van der Waals surface area contributed by atoms with E-state index in [1.54, 1.807) is 0 Å². The predicted octanol–water partition coefficient (Wildman–Crippen LogP) is 4.15. The zero-order valence-corrected chi connectivity index (χ0v) is 13.9. The maximum absolute atomic E-state index is 12.1. The molecule has 0 aliphatic heterocycles. The van der Waals surface area contributed by atoms with Gasteiger partial charge in [-0.05, 0) is 54.8 Å². The number of hydrogen-bond acceptors (Lipinski definition) is 2. The quantitative estimate of drug-likeness (QED) is 0.755. The van der Waals surface area contributed by atoms with E-state index >= 15 is 0 Å². The molecule has 0 aliphatic rings. The Morgan fingerprint density at radius 2 is 1.81 bits per heavy atom.